The summed E-state index contributed by atoms with van der Waals surface area (Å²) in [6.07, 6.45) is 6.81. The summed E-state index contributed by atoms with van der Waals surface area (Å²) in [6, 6.07) is 23.6. The molecule has 10 nitrogen and oxygen atoms in total. The van der Waals surface area contributed by atoms with E-state index in [0.717, 1.165) is 58.8 Å². The van der Waals surface area contributed by atoms with Crippen molar-refractivity contribution in [2.75, 3.05) is 6.54 Å². The summed E-state index contributed by atoms with van der Waals surface area (Å²) in [5.41, 5.74) is 3.41. The number of halogens is 1. The Bertz CT molecular complexity index is 1810. The van der Waals surface area contributed by atoms with Crippen molar-refractivity contribution >= 4 is 55.2 Å². The molecule has 0 bridgehead atoms. The average Bonchev–Trinajstić information content (AvgIpc) is 3.43. The van der Waals surface area contributed by atoms with Crippen LogP contribution >= 0.6 is 27.3 Å². The molecule has 1 saturated carbocycles. The van der Waals surface area contributed by atoms with Gasteiger partial charge in [0.2, 0.25) is 11.8 Å². The molecule has 3 aromatic carbocycles. The van der Waals surface area contributed by atoms with Crippen molar-refractivity contribution in [1.82, 2.24) is 26.0 Å². The number of nitrogens with zero attached hydrogens (tertiary/aromatic N) is 2. The van der Waals surface area contributed by atoms with Crippen LogP contribution in [0.25, 0.3) is 10.2 Å². The summed E-state index contributed by atoms with van der Waals surface area (Å²) in [5, 5.41) is 7.14. The Balaban J connectivity index is 1.14. The van der Waals surface area contributed by atoms with Crippen LogP contribution in [0.4, 0.5) is 0 Å². The standard InChI is InChI=1S/C38H42BrN5O5S/c39-27-18-19-30-33(20-27)50-37(41-30)48-29-21-32-34(45)42-38(36(47)43-49-28-15-9-5-10-16-28)22-26(38)14-8-2-1-3-11-17-31(35(46)44(32)24-29)40-23-25-12-6-4-7-13-25/h4-7,9-10,12-13,15-16,18-20,26,29,31-32,40H,1-3,8,11,14,17,21-24H2,(H,42,45)(H,43,47)/t26-,29-,31+,32+,38-/m1/s1. The summed E-state index contributed by atoms with van der Waals surface area (Å²) >= 11 is 4.96. The van der Waals surface area contributed by atoms with E-state index < -0.39 is 23.7 Å². The molecule has 1 aromatic heterocycles. The van der Waals surface area contributed by atoms with Gasteiger partial charge in [-0.05, 0) is 61.1 Å². The van der Waals surface area contributed by atoms with Gasteiger partial charge in [0.1, 0.15) is 17.7 Å². The summed E-state index contributed by atoms with van der Waals surface area (Å²) in [4.78, 5) is 54.5. The summed E-state index contributed by atoms with van der Waals surface area (Å²) in [6.45, 7) is 0.773. The largest absolute Gasteiger partial charge is 0.465 e. The third-order valence-corrected chi connectivity index (χ3v) is 11.4. The number of carbonyl (C=O) groups excluding carboxylic acids is 3. The first-order valence-electron chi connectivity index (χ1n) is 17.5. The summed E-state index contributed by atoms with van der Waals surface area (Å²) in [7, 11) is 0. The maximum absolute atomic E-state index is 14.5. The van der Waals surface area contributed by atoms with Crippen LogP contribution in [0.1, 0.15) is 63.4 Å². The number of carbonyl (C=O) groups is 3. The Kier molecular flexibility index (Phi) is 10.7. The fourth-order valence-corrected chi connectivity index (χ4v) is 8.65. The molecule has 3 N–H and O–H groups in total. The zero-order valence-electron chi connectivity index (χ0n) is 27.8. The second-order valence-corrected chi connectivity index (χ2v) is 15.5. The van der Waals surface area contributed by atoms with Gasteiger partial charge in [-0.3, -0.25) is 14.4 Å². The van der Waals surface area contributed by atoms with E-state index in [2.05, 4.69) is 37.0 Å². The number of nitrogens with one attached hydrogen (secondary N) is 3. The van der Waals surface area contributed by atoms with Crippen molar-refractivity contribution < 1.29 is 24.0 Å². The molecule has 0 spiro atoms. The van der Waals surface area contributed by atoms with Gasteiger partial charge in [0.25, 0.3) is 11.1 Å². The van der Waals surface area contributed by atoms with Crippen molar-refractivity contribution in [3.05, 3.63) is 88.9 Å². The minimum Gasteiger partial charge on any atom is -0.465 e. The lowest BCUT2D eigenvalue weighted by Gasteiger charge is -2.30. The first-order chi connectivity index (χ1) is 24.4. The monoisotopic (exact) mass is 759 g/mol. The number of hydrogen-bond acceptors (Lipinski definition) is 8. The molecule has 2 saturated heterocycles. The second kappa shape index (κ2) is 15.5. The molecule has 3 fully saturated rings. The van der Waals surface area contributed by atoms with Gasteiger partial charge in [-0.2, -0.15) is 5.48 Å². The van der Waals surface area contributed by atoms with Crippen molar-refractivity contribution in [3.63, 3.8) is 0 Å². The van der Waals surface area contributed by atoms with Gasteiger partial charge in [0, 0.05) is 17.4 Å². The lowest BCUT2D eigenvalue weighted by atomic mass is 10.0. The average molecular weight is 761 g/mol. The SMILES string of the molecule is O=C1N[C@]2(C(=O)NOc3ccccc3)C[C@H]2CCCCCCC[C@H](NCc2ccccc2)C(=O)N2C[C@H](Oc3nc4ccc(Br)cc4s3)C[C@@H]12. The molecule has 0 unspecified atom stereocenters. The highest BCUT2D eigenvalue weighted by Crippen LogP contribution is 2.48. The van der Waals surface area contributed by atoms with E-state index in [1.165, 1.54) is 11.3 Å². The first kappa shape index (κ1) is 34.4. The second-order valence-electron chi connectivity index (χ2n) is 13.5. The highest BCUT2D eigenvalue weighted by Gasteiger charge is 2.62. The number of aromatic nitrogens is 1. The fraction of sp³-hybridized carbons (Fsp3) is 0.421. The molecule has 7 rings (SSSR count). The molecule has 3 amide bonds. The molecule has 0 radical (unpaired) electrons. The van der Waals surface area contributed by atoms with Gasteiger partial charge >= 0.3 is 0 Å². The van der Waals surface area contributed by atoms with Gasteiger partial charge in [-0.15, -0.1) is 0 Å². The van der Waals surface area contributed by atoms with Crippen molar-refractivity contribution in [2.24, 2.45) is 5.92 Å². The lowest BCUT2D eigenvalue weighted by Crippen LogP contribution is -2.57. The molecule has 4 aromatic rings. The minimum atomic E-state index is -1.11. The molecule has 1 aliphatic carbocycles. The first-order valence-corrected chi connectivity index (χ1v) is 19.1. The zero-order valence-corrected chi connectivity index (χ0v) is 30.2. The van der Waals surface area contributed by atoms with Crippen LogP contribution in [0.15, 0.2) is 83.3 Å². The molecular formula is C38H42BrN5O5S. The Labute approximate surface area is 304 Å². The number of thiazole rings is 1. The van der Waals surface area contributed by atoms with Gasteiger partial charge in [-0.25, -0.2) is 4.98 Å². The van der Waals surface area contributed by atoms with E-state index in [4.69, 9.17) is 9.57 Å². The van der Waals surface area contributed by atoms with Crippen molar-refractivity contribution in [2.45, 2.75) is 88.1 Å². The minimum absolute atomic E-state index is 0.0177. The van der Waals surface area contributed by atoms with Crippen LogP contribution in [0.3, 0.4) is 0 Å². The van der Waals surface area contributed by atoms with Crippen molar-refractivity contribution in [3.8, 4) is 10.9 Å². The molecule has 262 valence electrons. The molecule has 3 aliphatic rings. The number of ether oxygens (including phenoxy) is 1. The van der Waals surface area contributed by atoms with Gasteiger partial charge in [0.15, 0.2) is 5.75 Å². The molecule has 50 heavy (non-hydrogen) atoms. The van der Waals surface area contributed by atoms with Crippen LogP contribution in [-0.2, 0) is 20.9 Å². The predicted octanol–water partition coefficient (Wildman–Crippen LogP) is 6.29. The summed E-state index contributed by atoms with van der Waals surface area (Å²) < 4.78 is 8.33. The number of fused-ring (bicyclic) bond motifs is 3. The smallest absolute Gasteiger partial charge is 0.278 e. The number of amides is 3. The molecule has 3 heterocycles. The highest BCUT2D eigenvalue weighted by molar-refractivity contribution is 9.10. The molecule has 5 atom stereocenters. The Morgan fingerprint density at radius 1 is 0.980 bits per heavy atom. The van der Waals surface area contributed by atoms with Gasteiger partial charge < -0.3 is 25.1 Å². The number of hydrogen-bond donors (Lipinski definition) is 3. The van der Waals surface area contributed by atoms with Gasteiger partial charge in [-0.1, -0.05) is 108 Å². The van der Waals surface area contributed by atoms with Crippen LogP contribution in [0, 0.1) is 5.92 Å². The normalized spacial score (nSPS) is 25.8. The van der Waals surface area contributed by atoms with E-state index >= 15 is 0 Å². The Morgan fingerprint density at radius 2 is 1.72 bits per heavy atom. The van der Waals surface area contributed by atoms with Crippen LogP contribution < -0.4 is 25.7 Å². The quantitative estimate of drug-likeness (QED) is 0.181. The summed E-state index contributed by atoms with van der Waals surface area (Å²) in [5.74, 6) is -0.381. The molecule has 2 aliphatic heterocycles. The van der Waals surface area contributed by atoms with E-state index in [9.17, 15) is 14.4 Å². The molecule has 12 heteroatoms. The van der Waals surface area contributed by atoms with E-state index in [-0.39, 0.29) is 36.6 Å². The molecular weight excluding hydrogens is 718 g/mol. The van der Waals surface area contributed by atoms with E-state index in [1.54, 1.807) is 17.0 Å². The van der Waals surface area contributed by atoms with Crippen LogP contribution in [0.2, 0.25) is 0 Å². The maximum Gasteiger partial charge on any atom is 0.278 e. The predicted molar refractivity (Wildman–Crippen MR) is 195 cm³/mol. The lowest BCUT2D eigenvalue weighted by molar-refractivity contribution is -0.142. The third-order valence-electron chi connectivity index (χ3n) is 10.0. The fourth-order valence-electron chi connectivity index (χ4n) is 7.22. The van der Waals surface area contributed by atoms with Crippen LogP contribution in [0.5, 0.6) is 10.9 Å². The van der Waals surface area contributed by atoms with E-state index in [1.807, 2.05) is 66.7 Å². The van der Waals surface area contributed by atoms with Crippen molar-refractivity contribution in [1.29, 1.82) is 0 Å². The maximum atomic E-state index is 14.5. The van der Waals surface area contributed by atoms with E-state index in [0.29, 0.717) is 30.3 Å². The number of rotatable bonds is 8. The van der Waals surface area contributed by atoms with Gasteiger partial charge in [0.05, 0.1) is 22.8 Å². The zero-order chi connectivity index (χ0) is 34.5. The Hall–Kier alpha value is -4.00. The highest BCUT2D eigenvalue weighted by atomic mass is 79.9. The van der Waals surface area contributed by atoms with Crippen LogP contribution in [-0.4, -0.2) is 57.9 Å². The Morgan fingerprint density at radius 3 is 2.52 bits per heavy atom. The topological polar surface area (TPSA) is 122 Å². The number of benzene rings is 3. The number of para-hydroxylation sites is 1. The number of hydroxylamine groups is 1. The third kappa shape index (κ3) is 7.98.